The molecule has 1 fully saturated rings. The highest BCUT2D eigenvalue weighted by Gasteiger charge is 2.17. The number of nitro benzene ring substituents is 1. The molecule has 1 aliphatic rings. The van der Waals surface area contributed by atoms with E-state index in [0.29, 0.717) is 0 Å². The number of rotatable bonds is 2. The van der Waals surface area contributed by atoms with Crippen LogP contribution in [0.2, 0.25) is 0 Å². The quantitative estimate of drug-likeness (QED) is 0.592. The second kappa shape index (κ2) is 5.06. The van der Waals surface area contributed by atoms with Crippen LogP contribution in [0.1, 0.15) is 5.56 Å². The number of thioether (sulfide) groups is 1. The van der Waals surface area contributed by atoms with Crippen LogP contribution in [0.5, 0.6) is 0 Å². The molecule has 2 rings (SSSR count). The first-order chi connectivity index (χ1) is 8.22. The monoisotopic (exact) mass is 249 g/mol. The van der Waals surface area contributed by atoms with Crippen LogP contribution in [-0.2, 0) is 0 Å². The summed E-state index contributed by atoms with van der Waals surface area (Å²) in [6, 6.07) is 6.62. The van der Waals surface area contributed by atoms with Gasteiger partial charge >= 0.3 is 0 Å². The molecule has 6 heteroatoms. The van der Waals surface area contributed by atoms with E-state index in [-0.39, 0.29) is 11.3 Å². The summed E-state index contributed by atoms with van der Waals surface area (Å²) in [6.07, 6.45) is 0. The lowest BCUT2D eigenvalue weighted by Crippen LogP contribution is -2.32. The lowest BCUT2D eigenvalue weighted by atomic mass is 10.1. The second-order valence-corrected chi connectivity index (χ2v) is 4.89. The van der Waals surface area contributed by atoms with E-state index in [9.17, 15) is 10.1 Å². The van der Waals surface area contributed by atoms with Crippen molar-refractivity contribution in [3.63, 3.8) is 0 Å². The molecule has 0 atom stereocenters. The van der Waals surface area contributed by atoms with Gasteiger partial charge in [0.1, 0.15) is 11.6 Å². The molecule has 5 nitrogen and oxygen atoms in total. The molecule has 0 amide bonds. The van der Waals surface area contributed by atoms with Gasteiger partial charge in [-0.2, -0.15) is 17.0 Å². The van der Waals surface area contributed by atoms with Gasteiger partial charge in [0.25, 0.3) is 5.69 Å². The SMILES string of the molecule is N#Cc1cc(N2CCSCC2)ccc1[N+](=O)[O-]. The molecule has 17 heavy (non-hydrogen) atoms. The molecule has 1 aromatic rings. The smallest absolute Gasteiger partial charge is 0.287 e. The van der Waals surface area contributed by atoms with Crippen molar-refractivity contribution in [1.29, 1.82) is 5.26 Å². The van der Waals surface area contributed by atoms with E-state index < -0.39 is 4.92 Å². The van der Waals surface area contributed by atoms with Crippen molar-refractivity contribution >= 4 is 23.1 Å². The highest BCUT2D eigenvalue weighted by molar-refractivity contribution is 7.99. The van der Waals surface area contributed by atoms with Gasteiger partial charge in [0.05, 0.1) is 4.92 Å². The summed E-state index contributed by atoms with van der Waals surface area (Å²) in [5, 5.41) is 19.6. The Balaban J connectivity index is 2.31. The molecule has 1 aromatic carbocycles. The van der Waals surface area contributed by atoms with Crippen molar-refractivity contribution in [3.05, 3.63) is 33.9 Å². The maximum absolute atomic E-state index is 10.7. The molecule has 0 radical (unpaired) electrons. The van der Waals surface area contributed by atoms with Crippen LogP contribution in [0.3, 0.4) is 0 Å². The van der Waals surface area contributed by atoms with Gasteiger partial charge in [0, 0.05) is 36.3 Å². The summed E-state index contributed by atoms with van der Waals surface area (Å²) in [7, 11) is 0. The first-order valence-electron chi connectivity index (χ1n) is 5.23. The Hall–Kier alpha value is -1.74. The highest BCUT2D eigenvalue weighted by Crippen LogP contribution is 2.26. The number of hydrogen-bond donors (Lipinski definition) is 0. The van der Waals surface area contributed by atoms with Crippen LogP contribution in [-0.4, -0.2) is 29.5 Å². The molecule has 1 aliphatic heterocycles. The number of nitro groups is 1. The number of nitriles is 1. The molecular formula is C11H11N3O2S. The van der Waals surface area contributed by atoms with E-state index in [1.807, 2.05) is 17.8 Å². The Morgan fingerprint density at radius 2 is 2.12 bits per heavy atom. The lowest BCUT2D eigenvalue weighted by molar-refractivity contribution is -0.385. The maximum atomic E-state index is 10.7. The third-order valence-electron chi connectivity index (χ3n) is 2.67. The van der Waals surface area contributed by atoms with Crippen molar-refractivity contribution < 1.29 is 4.92 Å². The van der Waals surface area contributed by atoms with Gasteiger partial charge in [0.15, 0.2) is 0 Å². The van der Waals surface area contributed by atoms with E-state index in [2.05, 4.69) is 4.90 Å². The van der Waals surface area contributed by atoms with Crippen LogP contribution in [0.4, 0.5) is 11.4 Å². The first kappa shape index (κ1) is 11.7. The molecule has 0 saturated carbocycles. The van der Waals surface area contributed by atoms with E-state index >= 15 is 0 Å². The van der Waals surface area contributed by atoms with Crippen LogP contribution >= 0.6 is 11.8 Å². The number of anilines is 1. The van der Waals surface area contributed by atoms with E-state index in [1.54, 1.807) is 12.1 Å². The van der Waals surface area contributed by atoms with E-state index in [1.165, 1.54) is 6.07 Å². The molecule has 0 spiro atoms. The number of nitrogens with zero attached hydrogens (tertiary/aromatic N) is 3. The minimum atomic E-state index is -0.519. The zero-order valence-electron chi connectivity index (χ0n) is 9.13. The van der Waals surface area contributed by atoms with Crippen LogP contribution in [0, 0.1) is 21.4 Å². The van der Waals surface area contributed by atoms with Crippen molar-refractivity contribution in [2.75, 3.05) is 29.5 Å². The Morgan fingerprint density at radius 3 is 2.71 bits per heavy atom. The second-order valence-electron chi connectivity index (χ2n) is 3.67. The molecule has 0 N–H and O–H groups in total. The summed E-state index contributed by atoms with van der Waals surface area (Å²) in [5.41, 5.74) is 0.904. The average Bonchev–Trinajstić information content (AvgIpc) is 2.39. The third kappa shape index (κ3) is 2.50. The largest absolute Gasteiger partial charge is 0.370 e. The van der Waals surface area contributed by atoms with Gasteiger partial charge in [0.2, 0.25) is 0 Å². The third-order valence-corrected chi connectivity index (χ3v) is 3.62. The van der Waals surface area contributed by atoms with Gasteiger partial charge < -0.3 is 4.90 Å². The van der Waals surface area contributed by atoms with Crippen LogP contribution in [0.15, 0.2) is 18.2 Å². The Labute approximate surface area is 103 Å². The van der Waals surface area contributed by atoms with E-state index in [4.69, 9.17) is 5.26 Å². The molecular weight excluding hydrogens is 238 g/mol. The van der Waals surface area contributed by atoms with Crippen LogP contribution < -0.4 is 4.90 Å². The van der Waals surface area contributed by atoms with Gasteiger partial charge in [-0.1, -0.05) is 0 Å². The molecule has 88 valence electrons. The summed E-state index contributed by atoms with van der Waals surface area (Å²) in [5.74, 6) is 2.11. The Morgan fingerprint density at radius 1 is 1.41 bits per heavy atom. The highest BCUT2D eigenvalue weighted by atomic mass is 32.2. The van der Waals surface area contributed by atoms with Crippen molar-refractivity contribution in [2.45, 2.75) is 0 Å². The average molecular weight is 249 g/mol. The summed E-state index contributed by atoms with van der Waals surface area (Å²) < 4.78 is 0. The maximum Gasteiger partial charge on any atom is 0.287 e. The van der Waals surface area contributed by atoms with E-state index in [0.717, 1.165) is 30.3 Å². The predicted molar refractivity (Wildman–Crippen MR) is 67.3 cm³/mol. The minimum absolute atomic E-state index is 0.123. The predicted octanol–water partition coefficient (Wildman–Crippen LogP) is 2.02. The normalized spacial score (nSPS) is 15.4. The van der Waals surface area contributed by atoms with Gasteiger partial charge in [-0.25, -0.2) is 0 Å². The zero-order chi connectivity index (χ0) is 12.3. The zero-order valence-corrected chi connectivity index (χ0v) is 9.94. The fourth-order valence-electron chi connectivity index (χ4n) is 1.79. The fraction of sp³-hybridized carbons (Fsp3) is 0.364. The van der Waals surface area contributed by atoms with Gasteiger partial charge in [-0.05, 0) is 12.1 Å². The lowest BCUT2D eigenvalue weighted by Gasteiger charge is -2.28. The fourth-order valence-corrected chi connectivity index (χ4v) is 2.69. The standard InChI is InChI=1S/C11H11N3O2S/c12-8-9-7-10(1-2-11(9)14(15)16)13-3-5-17-6-4-13/h1-2,7H,3-6H2. The van der Waals surface area contributed by atoms with Gasteiger partial charge in [-0.3, -0.25) is 10.1 Å². The molecule has 0 bridgehead atoms. The number of hydrogen-bond acceptors (Lipinski definition) is 5. The summed E-state index contributed by atoms with van der Waals surface area (Å²) in [6.45, 7) is 1.85. The Kier molecular flexibility index (Phi) is 3.49. The summed E-state index contributed by atoms with van der Waals surface area (Å²) >= 11 is 1.90. The molecule has 1 heterocycles. The topological polar surface area (TPSA) is 70.2 Å². The Bertz CT molecular complexity index is 478. The van der Waals surface area contributed by atoms with Crippen LogP contribution in [0.25, 0.3) is 0 Å². The van der Waals surface area contributed by atoms with Crippen molar-refractivity contribution in [2.24, 2.45) is 0 Å². The molecule has 0 aliphatic carbocycles. The first-order valence-corrected chi connectivity index (χ1v) is 6.39. The molecule has 0 aromatic heterocycles. The van der Waals surface area contributed by atoms with Crippen molar-refractivity contribution in [3.8, 4) is 6.07 Å². The molecule has 1 saturated heterocycles. The minimum Gasteiger partial charge on any atom is -0.370 e. The molecule has 0 unspecified atom stereocenters. The summed E-state index contributed by atoms with van der Waals surface area (Å²) in [4.78, 5) is 12.3. The van der Waals surface area contributed by atoms with Gasteiger partial charge in [-0.15, -0.1) is 0 Å². The van der Waals surface area contributed by atoms with Crippen molar-refractivity contribution in [1.82, 2.24) is 0 Å². The number of benzene rings is 1.